The molecule has 0 saturated heterocycles. The third-order valence-electron chi connectivity index (χ3n) is 4.22. The standard InChI is InChI=1S/C20H11BrF3N3O2S2/c21-20-26-18(19(30-20)11-6-8-25-9-7-11)13-2-1-3-15(17(13)24)27-31(28,29)16-10-12(22)4-5-14(16)23/h1-10,27H. The third-order valence-corrected chi connectivity index (χ3v) is 7.16. The first-order chi connectivity index (χ1) is 14.8. The molecular weight excluding hydrogens is 515 g/mol. The SMILES string of the molecule is O=S(=O)(Nc1cccc(-c2nc(Br)sc2-c2ccncc2)c1F)c1cc(F)ccc1F. The second-order valence-corrected chi connectivity index (χ2v) is 10.2. The maximum Gasteiger partial charge on any atom is 0.265 e. The zero-order valence-corrected chi connectivity index (χ0v) is 18.5. The number of anilines is 1. The highest BCUT2D eigenvalue weighted by Gasteiger charge is 2.24. The van der Waals surface area contributed by atoms with Gasteiger partial charge in [-0.3, -0.25) is 9.71 Å². The van der Waals surface area contributed by atoms with Gasteiger partial charge in [-0.25, -0.2) is 26.6 Å². The van der Waals surface area contributed by atoms with Crippen LogP contribution in [-0.4, -0.2) is 18.4 Å². The van der Waals surface area contributed by atoms with E-state index in [1.165, 1.54) is 29.5 Å². The van der Waals surface area contributed by atoms with Gasteiger partial charge in [-0.2, -0.15) is 0 Å². The number of hydrogen-bond acceptors (Lipinski definition) is 5. The molecule has 0 radical (unpaired) electrons. The molecule has 4 rings (SSSR count). The molecule has 2 aromatic carbocycles. The van der Waals surface area contributed by atoms with E-state index in [9.17, 15) is 17.2 Å². The van der Waals surface area contributed by atoms with Gasteiger partial charge in [0.25, 0.3) is 10.0 Å². The van der Waals surface area contributed by atoms with Crippen LogP contribution in [0.4, 0.5) is 18.9 Å². The molecule has 0 aliphatic rings. The largest absolute Gasteiger partial charge is 0.277 e. The van der Waals surface area contributed by atoms with E-state index in [1.807, 2.05) is 4.72 Å². The molecule has 0 spiro atoms. The van der Waals surface area contributed by atoms with E-state index in [0.717, 1.165) is 11.6 Å². The van der Waals surface area contributed by atoms with Crippen molar-refractivity contribution in [1.82, 2.24) is 9.97 Å². The molecule has 31 heavy (non-hydrogen) atoms. The maximum absolute atomic E-state index is 15.3. The molecule has 1 N–H and O–H groups in total. The number of halogens is 4. The number of hydrogen-bond donors (Lipinski definition) is 1. The Labute approximate surface area is 187 Å². The molecule has 4 aromatic rings. The first-order valence-electron chi connectivity index (χ1n) is 8.60. The Bertz CT molecular complexity index is 1380. The number of rotatable bonds is 5. The Kier molecular flexibility index (Phi) is 5.82. The van der Waals surface area contributed by atoms with Crippen LogP contribution in [0.25, 0.3) is 21.7 Å². The molecule has 0 unspecified atom stereocenters. The molecule has 0 fully saturated rings. The number of thiazole rings is 1. The topological polar surface area (TPSA) is 72.0 Å². The van der Waals surface area contributed by atoms with Crippen molar-refractivity contribution in [2.24, 2.45) is 0 Å². The van der Waals surface area contributed by atoms with Crippen LogP contribution in [0, 0.1) is 17.5 Å². The normalized spacial score (nSPS) is 11.5. The summed E-state index contributed by atoms with van der Waals surface area (Å²) in [5.41, 5.74) is 0.651. The summed E-state index contributed by atoms with van der Waals surface area (Å²) in [7, 11) is -4.59. The van der Waals surface area contributed by atoms with Gasteiger partial charge < -0.3 is 0 Å². The highest BCUT2D eigenvalue weighted by molar-refractivity contribution is 9.11. The number of nitrogens with one attached hydrogen (secondary N) is 1. The highest BCUT2D eigenvalue weighted by atomic mass is 79.9. The van der Waals surface area contributed by atoms with Crippen molar-refractivity contribution in [2.45, 2.75) is 4.90 Å². The van der Waals surface area contributed by atoms with Gasteiger partial charge in [0.1, 0.15) is 16.5 Å². The average molecular weight is 526 g/mol. The van der Waals surface area contributed by atoms with Crippen LogP contribution in [0.2, 0.25) is 0 Å². The second-order valence-electron chi connectivity index (χ2n) is 6.23. The fourth-order valence-electron chi connectivity index (χ4n) is 2.85. The molecule has 0 aliphatic carbocycles. The summed E-state index contributed by atoms with van der Waals surface area (Å²) < 4.78 is 70.3. The molecule has 0 amide bonds. The number of pyridine rings is 1. The molecule has 0 bridgehead atoms. The van der Waals surface area contributed by atoms with Crippen molar-refractivity contribution in [3.8, 4) is 21.7 Å². The van der Waals surface area contributed by atoms with E-state index < -0.39 is 38.1 Å². The minimum atomic E-state index is -4.59. The molecule has 2 aromatic heterocycles. The lowest BCUT2D eigenvalue weighted by Gasteiger charge is -2.12. The monoisotopic (exact) mass is 525 g/mol. The van der Waals surface area contributed by atoms with Gasteiger partial charge in [0.15, 0.2) is 9.73 Å². The summed E-state index contributed by atoms with van der Waals surface area (Å²) in [4.78, 5) is 8.00. The van der Waals surface area contributed by atoms with Crippen LogP contribution in [0.15, 0.2) is 69.7 Å². The smallest absolute Gasteiger partial charge is 0.265 e. The highest BCUT2D eigenvalue weighted by Crippen LogP contribution is 2.40. The summed E-state index contributed by atoms with van der Waals surface area (Å²) in [6, 6.07) is 9.53. The molecule has 0 atom stereocenters. The quantitative estimate of drug-likeness (QED) is 0.354. The van der Waals surface area contributed by atoms with Gasteiger partial charge >= 0.3 is 0 Å². The second kappa shape index (κ2) is 8.40. The van der Waals surface area contributed by atoms with Crippen molar-refractivity contribution in [3.63, 3.8) is 0 Å². The van der Waals surface area contributed by atoms with Crippen molar-refractivity contribution >= 4 is 43.0 Å². The van der Waals surface area contributed by atoms with E-state index in [1.54, 1.807) is 24.5 Å². The molecular formula is C20H11BrF3N3O2S2. The van der Waals surface area contributed by atoms with Crippen LogP contribution in [0.1, 0.15) is 0 Å². The summed E-state index contributed by atoms with van der Waals surface area (Å²) in [5, 5.41) is 0. The van der Waals surface area contributed by atoms with E-state index in [0.29, 0.717) is 26.6 Å². The molecule has 11 heteroatoms. The zero-order valence-electron chi connectivity index (χ0n) is 15.3. The zero-order chi connectivity index (χ0) is 22.2. The van der Waals surface area contributed by atoms with E-state index in [4.69, 9.17) is 0 Å². The Hall–Kier alpha value is -2.76. The van der Waals surface area contributed by atoms with Crippen molar-refractivity contribution in [3.05, 3.63) is 82.3 Å². The predicted molar refractivity (Wildman–Crippen MR) is 116 cm³/mol. The Balaban J connectivity index is 1.78. The number of nitrogens with zero attached hydrogens (tertiary/aromatic N) is 2. The Morgan fingerprint density at radius 1 is 1.00 bits per heavy atom. The molecule has 2 heterocycles. The molecule has 0 saturated carbocycles. The van der Waals surface area contributed by atoms with Gasteiger partial charge in [-0.1, -0.05) is 6.07 Å². The average Bonchev–Trinajstić information content (AvgIpc) is 3.13. The summed E-state index contributed by atoms with van der Waals surface area (Å²) in [6.07, 6.45) is 3.17. The van der Waals surface area contributed by atoms with Crippen LogP contribution in [0.3, 0.4) is 0 Å². The van der Waals surface area contributed by atoms with Gasteiger partial charge in [0.2, 0.25) is 0 Å². The summed E-state index contributed by atoms with van der Waals surface area (Å²) in [6.45, 7) is 0. The minimum Gasteiger partial charge on any atom is -0.277 e. The van der Waals surface area contributed by atoms with E-state index >= 15 is 4.39 Å². The van der Waals surface area contributed by atoms with Crippen LogP contribution in [0.5, 0.6) is 0 Å². The molecule has 5 nitrogen and oxygen atoms in total. The van der Waals surface area contributed by atoms with Crippen molar-refractivity contribution in [2.75, 3.05) is 4.72 Å². The van der Waals surface area contributed by atoms with E-state index in [-0.39, 0.29) is 5.56 Å². The lowest BCUT2D eigenvalue weighted by Crippen LogP contribution is -2.16. The molecule has 158 valence electrons. The maximum atomic E-state index is 15.3. The fraction of sp³-hybridized carbons (Fsp3) is 0. The van der Waals surface area contributed by atoms with Gasteiger partial charge in [0.05, 0.1) is 16.3 Å². The number of aromatic nitrogens is 2. The van der Waals surface area contributed by atoms with Crippen LogP contribution in [-0.2, 0) is 10.0 Å². The first kappa shape index (κ1) is 21.5. The minimum absolute atomic E-state index is 0.0358. The Morgan fingerprint density at radius 2 is 1.74 bits per heavy atom. The lowest BCUT2D eigenvalue weighted by atomic mass is 10.1. The van der Waals surface area contributed by atoms with Gasteiger partial charge in [-0.05, 0) is 64.0 Å². The first-order valence-corrected chi connectivity index (χ1v) is 11.7. The van der Waals surface area contributed by atoms with Gasteiger partial charge in [-0.15, -0.1) is 11.3 Å². The Morgan fingerprint density at radius 3 is 2.48 bits per heavy atom. The summed E-state index contributed by atoms with van der Waals surface area (Å²) >= 11 is 4.57. The summed E-state index contributed by atoms with van der Waals surface area (Å²) in [5.74, 6) is -3.00. The molecule has 0 aliphatic heterocycles. The van der Waals surface area contributed by atoms with E-state index in [2.05, 4.69) is 25.9 Å². The number of benzene rings is 2. The van der Waals surface area contributed by atoms with Gasteiger partial charge in [0, 0.05) is 18.0 Å². The third kappa shape index (κ3) is 4.34. The number of sulfonamides is 1. The van der Waals surface area contributed by atoms with Crippen LogP contribution < -0.4 is 4.72 Å². The van der Waals surface area contributed by atoms with Crippen molar-refractivity contribution in [1.29, 1.82) is 0 Å². The lowest BCUT2D eigenvalue weighted by molar-refractivity contribution is 0.555. The predicted octanol–water partition coefficient (Wildman–Crippen LogP) is 5.85. The van der Waals surface area contributed by atoms with Crippen molar-refractivity contribution < 1.29 is 21.6 Å². The van der Waals surface area contributed by atoms with Crippen LogP contribution >= 0.6 is 27.3 Å². The fourth-order valence-corrected chi connectivity index (χ4v) is 5.48.